The van der Waals surface area contributed by atoms with E-state index in [1.54, 1.807) is 19.2 Å². The van der Waals surface area contributed by atoms with Crippen molar-refractivity contribution in [2.45, 2.75) is 30.7 Å². The number of amides is 1. The van der Waals surface area contributed by atoms with Gasteiger partial charge in [-0.25, -0.2) is 8.42 Å². The highest BCUT2D eigenvalue weighted by Gasteiger charge is 2.33. The molecule has 0 unspecified atom stereocenters. The van der Waals surface area contributed by atoms with Gasteiger partial charge in [0.25, 0.3) is 0 Å². The molecule has 1 fully saturated rings. The molecular weight excluding hydrogens is 344 g/mol. The van der Waals surface area contributed by atoms with Gasteiger partial charge in [-0.05, 0) is 44.0 Å². The molecule has 0 aliphatic carbocycles. The summed E-state index contributed by atoms with van der Waals surface area (Å²) < 4.78 is 37.1. The highest BCUT2D eigenvalue weighted by molar-refractivity contribution is 7.89. The van der Waals surface area contributed by atoms with E-state index in [1.807, 2.05) is 6.92 Å². The largest absolute Gasteiger partial charge is 0.497 e. The SMILES string of the molecule is COC[C@@H](C)NC(=O)[C@@H]1CCCN(S(=O)(=O)c2ccc(OC)cc2)C1. The maximum Gasteiger partial charge on any atom is 0.243 e. The lowest BCUT2D eigenvalue weighted by atomic mass is 9.98. The maximum atomic E-state index is 12.8. The predicted octanol–water partition coefficient (Wildman–Crippen LogP) is 1.25. The predicted molar refractivity (Wildman–Crippen MR) is 94.0 cm³/mol. The number of ether oxygens (including phenoxy) is 2. The third-order valence-electron chi connectivity index (χ3n) is 4.26. The fraction of sp³-hybridized carbons (Fsp3) is 0.588. The first-order chi connectivity index (χ1) is 11.9. The molecule has 0 spiro atoms. The molecule has 0 saturated carbocycles. The fourth-order valence-electron chi connectivity index (χ4n) is 2.92. The molecule has 140 valence electrons. The van der Waals surface area contributed by atoms with Crippen molar-refractivity contribution in [3.63, 3.8) is 0 Å². The molecule has 8 heteroatoms. The van der Waals surface area contributed by atoms with Gasteiger partial charge in [0.1, 0.15) is 5.75 Å². The summed E-state index contributed by atoms with van der Waals surface area (Å²) in [6.45, 7) is 2.90. The summed E-state index contributed by atoms with van der Waals surface area (Å²) in [6.07, 6.45) is 1.34. The van der Waals surface area contributed by atoms with E-state index in [4.69, 9.17) is 9.47 Å². The van der Waals surface area contributed by atoms with E-state index in [2.05, 4.69) is 5.32 Å². The quantitative estimate of drug-likeness (QED) is 0.781. The lowest BCUT2D eigenvalue weighted by molar-refractivity contribution is -0.127. The molecule has 1 saturated heterocycles. The minimum atomic E-state index is -3.62. The Morgan fingerprint density at radius 3 is 2.60 bits per heavy atom. The van der Waals surface area contributed by atoms with Crippen molar-refractivity contribution in [2.24, 2.45) is 5.92 Å². The van der Waals surface area contributed by atoms with E-state index >= 15 is 0 Å². The molecule has 1 N–H and O–H groups in total. The van der Waals surface area contributed by atoms with Gasteiger partial charge in [0.2, 0.25) is 15.9 Å². The first-order valence-corrected chi connectivity index (χ1v) is 9.76. The minimum absolute atomic E-state index is 0.105. The summed E-state index contributed by atoms with van der Waals surface area (Å²) in [5, 5.41) is 2.88. The highest BCUT2D eigenvalue weighted by atomic mass is 32.2. The minimum Gasteiger partial charge on any atom is -0.497 e. The zero-order valence-corrected chi connectivity index (χ0v) is 15.7. The van der Waals surface area contributed by atoms with Gasteiger partial charge in [-0.15, -0.1) is 0 Å². The average Bonchev–Trinajstić information content (AvgIpc) is 2.62. The van der Waals surface area contributed by atoms with Crippen LogP contribution in [0.15, 0.2) is 29.2 Å². The Hall–Kier alpha value is -1.64. The number of hydrogen-bond donors (Lipinski definition) is 1. The van der Waals surface area contributed by atoms with Crippen LogP contribution in [0.4, 0.5) is 0 Å². The second kappa shape index (κ2) is 8.64. The van der Waals surface area contributed by atoms with Crippen molar-refractivity contribution in [1.82, 2.24) is 9.62 Å². The Bertz CT molecular complexity index is 675. The summed E-state index contributed by atoms with van der Waals surface area (Å²) in [7, 11) is -0.514. The van der Waals surface area contributed by atoms with E-state index < -0.39 is 10.0 Å². The van der Waals surface area contributed by atoms with Crippen molar-refractivity contribution in [2.75, 3.05) is 33.9 Å². The first kappa shape index (κ1) is 19.7. The van der Waals surface area contributed by atoms with Gasteiger partial charge in [0, 0.05) is 26.2 Å². The summed E-state index contributed by atoms with van der Waals surface area (Å²) in [6, 6.07) is 6.18. The Labute approximate surface area is 149 Å². The number of benzene rings is 1. The van der Waals surface area contributed by atoms with Crippen LogP contribution in [0.1, 0.15) is 19.8 Å². The molecule has 2 rings (SSSR count). The van der Waals surface area contributed by atoms with Crippen LogP contribution in [-0.4, -0.2) is 58.6 Å². The summed E-state index contributed by atoms with van der Waals surface area (Å²) in [4.78, 5) is 12.6. The molecule has 1 aliphatic heterocycles. The molecule has 1 aliphatic rings. The van der Waals surface area contributed by atoms with Crippen LogP contribution >= 0.6 is 0 Å². The van der Waals surface area contributed by atoms with E-state index in [0.717, 1.165) is 0 Å². The Morgan fingerprint density at radius 1 is 1.32 bits per heavy atom. The van der Waals surface area contributed by atoms with Crippen LogP contribution in [0.25, 0.3) is 0 Å². The number of nitrogens with zero attached hydrogens (tertiary/aromatic N) is 1. The fourth-order valence-corrected chi connectivity index (χ4v) is 4.45. The molecule has 2 atom stereocenters. The smallest absolute Gasteiger partial charge is 0.243 e. The van der Waals surface area contributed by atoms with Crippen molar-refractivity contribution < 1.29 is 22.7 Å². The summed E-state index contributed by atoms with van der Waals surface area (Å²) in [5.41, 5.74) is 0. The Morgan fingerprint density at radius 2 is 2.00 bits per heavy atom. The molecule has 1 aromatic carbocycles. The number of carbonyl (C=O) groups excluding carboxylic acids is 1. The monoisotopic (exact) mass is 370 g/mol. The molecule has 1 heterocycles. The number of rotatable bonds is 7. The Balaban J connectivity index is 2.07. The van der Waals surface area contributed by atoms with Crippen molar-refractivity contribution in [3.8, 4) is 5.75 Å². The molecule has 25 heavy (non-hydrogen) atoms. The average molecular weight is 370 g/mol. The number of piperidine rings is 1. The molecule has 7 nitrogen and oxygen atoms in total. The third kappa shape index (κ3) is 4.93. The van der Waals surface area contributed by atoms with Gasteiger partial charge >= 0.3 is 0 Å². The first-order valence-electron chi connectivity index (χ1n) is 8.32. The van der Waals surface area contributed by atoms with Crippen LogP contribution < -0.4 is 10.1 Å². The van der Waals surface area contributed by atoms with E-state index in [1.165, 1.54) is 23.5 Å². The van der Waals surface area contributed by atoms with E-state index in [0.29, 0.717) is 31.7 Å². The van der Waals surface area contributed by atoms with Crippen molar-refractivity contribution in [1.29, 1.82) is 0 Å². The molecular formula is C17H26N2O5S. The molecule has 0 radical (unpaired) electrons. The lowest BCUT2D eigenvalue weighted by Crippen LogP contribution is -2.47. The Kier molecular flexibility index (Phi) is 6.80. The van der Waals surface area contributed by atoms with Gasteiger partial charge in [0.05, 0.1) is 24.5 Å². The number of sulfonamides is 1. The van der Waals surface area contributed by atoms with Gasteiger partial charge < -0.3 is 14.8 Å². The maximum absolute atomic E-state index is 12.8. The number of hydrogen-bond acceptors (Lipinski definition) is 5. The topological polar surface area (TPSA) is 84.9 Å². The van der Waals surface area contributed by atoms with Gasteiger partial charge in [0.15, 0.2) is 0 Å². The molecule has 1 amide bonds. The standard InChI is InChI=1S/C17H26N2O5S/c1-13(12-23-2)18-17(20)14-5-4-10-19(11-14)25(21,22)16-8-6-15(24-3)7-9-16/h6-9,13-14H,4-5,10-12H2,1-3H3,(H,18,20)/t13-,14-/m1/s1. The third-order valence-corrected chi connectivity index (χ3v) is 6.14. The lowest BCUT2D eigenvalue weighted by Gasteiger charge is -2.31. The van der Waals surface area contributed by atoms with Crippen LogP contribution in [0.5, 0.6) is 5.75 Å². The second-order valence-corrected chi connectivity index (χ2v) is 8.18. The van der Waals surface area contributed by atoms with Crippen LogP contribution in [0, 0.1) is 5.92 Å². The zero-order valence-electron chi connectivity index (χ0n) is 14.9. The van der Waals surface area contributed by atoms with Gasteiger partial charge in [-0.3, -0.25) is 4.79 Å². The van der Waals surface area contributed by atoms with Crippen molar-refractivity contribution in [3.05, 3.63) is 24.3 Å². The summed E-state index contributed by atoms with van der Waals surface area (Å²) >= 11 is 0. The zero-order chi connectivity index (χ0) is 18.4. The van der Waals surface area contributed by atoms with Gasteiger partial charge in [-0.1, -0.05) is 0 Å². The molecule has 1 aromatic rings. The van der Waals surface area contributed by atoms with Crippen molar-refractivity contribution >= 4 is 15.9 Å². The van der Waals surface area contributed by atoms with Crippen LogP contribution in [0.3, 0.4) is 0 Å². The van der Waals surface area contributed by atoms with Gasteiger partial charge in [-0.2, -0.15) is 4.31 Å². The molecule has 0 bridgehead atoms. The highest BCUT2D eigenvalue weighted by Crippen LogP contribution is 2.25. The normalized spacial score (nSPS) is 20.0. The van der Waals surface area contributed by atoms with Crippen LogP contribution in [0.2, 0.25) is 0 Å². The van der Waals surface area contributed by atoms with Crippen LogP contribution in [-0.2, 0) is 19.6 Å². The summed E-state index contributed by atoms with van der Waals surface area (Å²) in [5.74, 6) is 0.127. The second-order valence-electron chi connectivity index (χ2n) is 6.24. The van der Waals surface area contributed by atoms with E-state index in [9.17, 15) is 13.2 Å². The number of methoxy groups -OCH3 is 2. The number of nitrogens with one attached hydrogen (secondary N) is 1. The van der Waals surface area contributed by atoms with E-state index in [-0.39, 0.29) is 29.3 Å². The number of carbonyl (C=O) groups is 1. The molecule has 0 aromatic heterocycles.